The zero-order valence-corrected chi connectivity index (χ0v) is 10.9. The predicted molar refractivity (Wildman–Crippen MR) is 72.1 cm³/mol. The van der Waals surface area contributed by atoms with Gasteiger partial charge >= 0.3 is 5.97 Å². The molecule has 0 radical (unpaired) electrons. The van der Waals surface area contributed by atoms with E-state index < -0.39 is 11.9 Å². The molecular formula is C14H13N3O3. The summed E-state index contributed by atoms with van der Waals surface area (Å²) in [5.74, 6) is -1.09. The highest BCUT2D eigenvalue weighted by Crippen LogP contribution is 2.09. The zero-order chi connectivity index (χ0) is 14.4. The molecule has 0 unspecified atom stereocenters. The second kappa shape index (κ2) is 6.42. The Kier molecular flexibility index (Phi) is 4.39. The molecule has 2 aromatic rings. The number of esters is 1. The maximum Gasteiger partial charge on any atom is 0.359 e. The third-order valence-corrected chi connectivity index (χ3v) is 2.41. The van der Waals surface area contributed by atoms with Crippen molar-refractivity contribution in [1.82, 2.24) is 9.97 Å². The van der Waals surface area contributed by atoms with Gasteiger partial charge in [-0.3, -0.25) is 9.78 Å². The number of carbonyl (C=O) groups is 2. The lowest BCUT2D eigenvalue weighted by molar-refractivity contribution is -0.119. The van der Waals surface area contributed by atoms with Crippen LogP contribution < -0.4 is 5.32 Å². The van der Waals surface area contributed by atoms with E-state index in [-0.39, 0.29) is 12.3 Å². The average Bonchev–Trinajstić information content (AvgIpc) is 2.46. The van der Waals surface area contributed by atoms with Crippen molar-refractivity contribution in [2.24, 2.45) is 0 Å². The summed E-state index contributed by atoms with van der Waals surface area (Å²) in [5.41, 5.74) is 1.75. The van der Waals surface area contributed by atoms with Gasteiger partial charge in [-0.1, -0.05) is 12.1 Å². The Morgan fingerprint density at radius 2 is 2.15 bits per heavy atom. The van der Waals surface area contributed by atoms with Gasteiger partial charge in [-0.25, -0.2) is 9.78 Å². The van der Waals surface area contributed by atoms with Gasteiger partial charge in [0.25, 0.3) is 5.91 Å². The Balaban J connectivity index is 1.85. The summed E-state index contributed by atoms with van der Waals surface area (Å²) in [6, 6.07) is 7.33. The summed E-state index contributed by atoms with van der Waals surface area (Å²) >= 11 is 0. The van der Waals surface area contributed by atoms with Crippen molar-refractivity contribution in [3.8, 4) is 0 Å². The Labute approximate surface area is 115 Å². The number of anilines is 1. The first kappa shape index (κ1) is 13.7. The Morgan fingerprint density at radius 3 is 2.85 bits per heavy atom. The molecule has 0 fully saturated rings. The van der Waals surface area contributed by atoms with Crippen molar-refractivity contribution in [1.29, 1.82) is 0 Å². The van der Waals surface area contributed by atoms with Crippen molar-refractivity contribution in [3.63, 3.8) is 0 Å². The summed E-state index contributed by atoms with van der Waals surface area (Å²) in [6.07, 6.45) is 4.10. The number of benzene rings is 1. The van der Waals surface area contributed by atoms with E-state index in [9.17, 15) is 9.59 Å². The number of carbonyl (C=O) groups excluding carboxylic acids is 2. The molecule has 1 amide bonds. The van der Waals surface area contributed by atoms with E-state index in [0.29, 0.717) is 5.69 Å². The number of ether oxygens (including phenoxy) is 1. The molecule has 0 aliphatic rings. The van der Waals surface area contributed by atoms with E-state index >= 15 is 0 Å². The lowest BCUT2D eigenvalue weighted by Crippen LogP contribution is -2.21. The minimum absolute atomic E-state index is 0.0656. The molecule has 0 atom stereocenters. The maximum absolute atomic E-state index is 11.6. The number of hydrogen-bond acceptors (Lipinski definition) is 5. The normalized spacial score (nSPS) is 9.85. The van der Waals surface area contributed by atoms with Crippen molar-refractivity contribution >= 4 is 17.6 Å². The fraction of sp³-hybridized carbons (Fsp3) is 0.143. The molecule has 1 N–H and O–H groups in total. The summed E-state index contributed by atoms with van der Waals surface area (Å²) < 4.78 is 4.84. The fourth-order valence-electron chi connectivity index (χ4n) is 1.53. The lowest BCUT2D eigenvalue weighted by Gasteiger charge is -2.06. The molecule has 0 aliphatic heterocycles. The quantitative estimate of drug-likeness (QED) is 0.854. The second-order valence-corrected chi connectivity index (χ2v) is 4.08. The van der Waals surface area contributed by atoms with E-state index in [4.69, 9.17) is 4.74 Å². The second-order valence-electron chi connectivity index (χ2n) is 4.08. The summed E-state index contributed by atoms with van der Waals surface area (Å²) in [4.78, 5) is 30.7. The molecule has 1 aromatic carbocycles. The molecule has 0 saturated heterocycles. The number of nitrogens with one attached hydrogen (secondary N) is 1. The molecule has 6 heteroatoms. The van der Waals surface area contributed by atoms with Crippen LogP contribution in [0.1, 0.15) is 16.1 Å². The smallest absolute Gasteiger partial charge is 0.359 e. The first-order valence-electron chi connectivity index (χ1n) is 5.95. The van der Waals surface area contributed by atoms with Crippen molar-refractivity contribution < 1.29 is 14.3 Å². The number of aryl methyl sites for hydroxylation is 1. The van der Waals surface area contributed by atoms with E-state index in [1.165, 1.54) is 18.6 Å². The maximum atomic E-state index is 11.6. The van der Waals surface area contributed by atoms with Crippen LogP contribution in [0, 0.1) is 6.92 Å². The molecule has 0 spiro atoms. The van der Waals surface area contributed by atoms with Crippen LogP contribution in [0.25, 0.3) is 0 Å². The Hall–Kier alpha value is -2.76. The highest BCUT2D eigenvalue weighted by atomic mass is 16.5. The number of aromatic nitrogens is 2. The van der Waals surface area contributed by atoms with Crippen LogP contribution in [0.4, 0.5) is 5.69 Å². The molecule has 6 nitrogen and oxygen atoms in total. The highest BCUT2D eigenvalue weighted by molar-refractivity contribution is 5.94. The molecule has 2 rings (SSSR count). The van der Waals surface area contributed by atoms with Gasteiger partial charge in [0, 0.05) is 18.1 Å². The van der Waals surface area contributed by atoms with E-state index in [2.05, 4.69) is 15.3 Å². The van der Waals surface area contributed by atoms with Gasteiger partial charge in [-0.05, 0) is 24.6 Å². The molecule has 20 heavy (non-hydrogen) atoms. The highest BCUT2D eigenvalue weighted by Gasteiger charge is 2.11. The molecule has 1 heterocycles. The minimum atomic E-state index is -0.683. The molecule has 0 saturated carbocycles. The Morgan fingerprint density at radius 1 is 1.30 bits per heavy atom. The van der Waals surface area contributed by atoms with Gasteiger partial charge in [0.2, 0.25) is 0 Å². The van der Waals surface area contributed by atoms with Gasteiger partial charge in [0.05, 0.1) is 6.20 Å². The van der Waals surface area contributed by atoms with Crippen LogP contribution >= 0.6 is 0 Å². The topological polar surface area (TPSA) is 81.2 Å². The van der Waals surface area contributed by atoms with E-state index in [0.717, 1.165) is 5.56 Å². The number of rotatable bonds is 4. The molecule has 0 aliphatic carbocycles. The lowest BCUT2D eigenvalue weighted by atomic mass is 10.2. The number of hydrogen-bond donors (Lipinski definition) is 1. The average molecular weight is 271 g/mol. The van der Waals surface area contributed by atoms with Gasteiger partial charge in [0.15, 0.2) is 12.3 Å². The van der Waals surface area contributed by atoms with Crippen molar-refractivity contribution in [2.75, 3.05) is 11.9 Å². The minimum Gasteiger partial charge on any atom is -0.451 e. The Bertz CT molecular complexity index is 614. The predicted octanol–water partition coefficient (Wildman–Crippen LogP) is 1.58. The van der Waals surface area contributed by atoms with Crippen LogP contribution in [0.3, 0.4) is 0 Å². The largest absolute Gasteiger partial charge is 0.451 e. The van der Waals surface area contributed by atoms with Crippen molar-refractivity contribution in [2.45, 2.75) is 6.92 Å². The SMILES string of the molecule is Cc1cccc(NC(=O)COC(=O)c2cnccn2)c1. The van der Waals surface area contributed by atoms with Crippen molar-refractivity contribution in [3.05, 3.63) is 54.1 Å². The van der Waals surface area contributed by atoms with E-state index in [1.54, 1.807) is 6.07 Å². The van der Waals surface area contributed by atoms with Crippen LogP contribution in [0.2, 0.25) is 0 Å². The zero-order valence-electron chi connectivity index (χ0n) is 10.9. The molecule has 1 aromatic heterocycles. The summed E-state index contributed by atoms with van der Waals surface area (Å²) in [7, 11) is 0. The first-order chi connectivity index (χ1) is 9.65. The molecule has 0 bridgehead atoms. The third-order valence-electron chi connectivity index (χ3n) is 2.41. The van der Waals surface area contributed by atoms with Gasteiger partial charge in [0.1, 0.15) is 0 Å². The fourth-order valence-corrected chi connectivity index (χ4v) is 1.53. The van der Waals surface area contributed by atoms with Crippen LogP contribution in [0.15, 0.2) is 42.9 Å². The molecule has 102 valence electrons. The summed E-state index contributed by atoms with van der Waals surface area (Å²) in [5, 5.41) is 2.64. The summed E-state index contributed by atoms with van der Waals surface area (Å²) in [6.45, 7) is 1.55. The third kappa shape index (κ3) is 3.88. The standard InChI is InChI=1S/C14H13N3O3/c1-10-3-2-4-11(7-10)17-13(18)9-20-14(19)12-8-15-5-6-16-12/h2-8H,9H2,1H3,(H,17,18). The van der Waals surface area contributed by atoms with Gasteiger partial charge < -0.3 is 10.1 Å². The first-order valence-corrected chi connectivity index (χ1v) is 5.95. The number of nitrogens with zero attached hydrogens (tertiary/aromatic N) is 2. The monoisotopic (exact) mass is 271 g/mol. The van der Waals surface area contributed by atoms with Gasteiger partial charge in [-0.15, -0.1) is 0 Å². The van der Waals surface area contributed by atoms with E-state index in [1.807, 2.05) is 25.1 Å². The van der Waals surface area contributed by atoms with Crippen LogP contribution in [-0.2, 0) is 9.53 Å². The molecular weight excluding hydrogens is 258 g/mol. The van der Waals surface area contributed by atoms with Crippen LogP contribution in [0.5, 0.6) is 0 Å². The van der Waals surface area contributed by atoms with Crippen LogP contribution in [-0.4, -0.2) is 28.5 Å². The van der Waals surface area contributed by atoms with Gasteiger partial charge in [-0.2, -0.15) is 0 Å². The number of amides is 1.